The molecule has 21 heavy (non-hydrogen) atoms. The molecule has 0 saturated heterocycles. The van der Waals surface area contributed by atoms with Crippen molar-refractivity contribution in [3.05, 3.63) is 27.7 Å². The fraction of sp³-hybridized carbons (Fsp3) is 0.400. The molecule has 0 atom stereocenters. The standard InChI is InChI=1S/C15H19BrN2O2S/c1-4-5-17-8-10-9-21-15(18-10)11-6-13(19-2)14(20-3)7-12(11)16/h6-7,9,17H,4-5,8H2,1-3H3. The SMILES string of the molecule is CCCNCc1csc(-c2cc(OC)c(OC)cc2Br)n1. The molecule has 0 bridgehead atoms. The van der Waals surface area contributed by atoms with Crippen LogP contribution in [0.25, 0.3) is 10.6 Å². The van der Waals surface area contributed by atoms with Crippen LogP contribution in [0.15, 0.2) is 22.0 Å². The zero-order valence-corrected chi connectivity index (χ0v) is 14.8. The van der Waals surface area contributed by atoms with Crippen molar-refractivity contribution in [3.8, 4) is 22.1 Å². The number of aromatic nitrogens is 1. The molecule has 114 valence electrons. The minimum absolute atomic E-state index is 0.703. The van der Waals surface area contributed by atoms with Crippen molar-refractivity contribution in [1.82, 2.24) is 10.3 Å². The first-order chi connectivity index (χ1) is 10.2. The second kappa shape index (κ2) is 7.77. The first kappa shape index (κ1) is 16.3. The predicted octanol–water partition coefficient (Wildman–Crippen LogP) is 4.09. The van der Waals surface area contributed by atoms with E-state index in [1.807, 2.05) is 12.1 Å². The van der Waals surface area contributed by atoms with Gasteiger partial charge in [0.25, 0.3) is 0 Å². The zero-order valence-electron chi connectivity index (χ0n) is 12.4. The Kier molecular flexibility index (Phi) is 6.02. The maximum Gasteiger partial charge on any atom is 0.161 e. The molecule has 0 aliphatic rings. The molecule has 0 unspecified atom stereocenters. The van der Waals surface area contributed by atoms with Crippen LogP contribution in [-0.2, 0) is 6.54 Å². The Morgan fingerprint density at radius 3 is 2.62 bits per heavy atom. The van der Waals surface area contributed by atoms with E-state index in [9.17, 15) is 0 Å². The monoisotopic (exact) mass is 370 g/mol. The Morgan fingerprint density at radius 2 is 1.95 bits per heavy atom. The molecule has 2 aromatic rings. The molecule has 1 aromatic carbocycles. The zero-order chi connectivity index (χ0) is 15.2. The molecule has 0 fully saturated rings. The number of methoxy groups -OCH3 is 2. The van der Waals surface area contributed by atoms with E-state index < -0.39 is 0 Å². The third kappa shape index (κ3) is 3.96. The maximum atomic E-state index is 5.36. The maximum absolute atomic E-state index is 5.36. The van der Waals surface area contributed by atoms with Crippen LogP contribution >= 0.6 is 27.3 Å². The van der Waals surface area contributed by atoms with Gasteiger partial charge in [0.1, 0.15) is 5.01 Å². The predicted molar refractivity (Wildman–Crippen MR) is 90.4 cm³/mol. The van der Waals surface area contributed by atoms with E-state index in [2.05, 4.69) is 38.5 Å². The molecule has 1 N–H and O–H groups in total. The Morgan fingerprint density at radius 1 is 1.24 bits per heavy atom. The highest BCUT2D eigenvalue weighted by atomic mass is 79.9. The van der Waals surface area contributed by atoms with Gasteiger partial charge in [-0.05, 0) is 41.0 Å². The molecule has 0 amide bonds. The van der Waals surface area contributed by atoms with Crippen LogP contribution < -0.4 is 14.8 Å². The highest BCUT2D eigenvalue weighted by Crippen LogP contribution is 2.39. The molecule has 1 heterocycles. The summed E-state index contributed by atoms with van der Waals surface area (Å²) in [4.78, 5) is 4.67. The molecule has 6 heteroatoms. The summed E-state index contributed by atoms with van der Waals surface area (Å²) in [7, 11) is 3.27. The summed E-state index contributed by atoms with van der Waals surface area (Å²) < 4.78 is 11.6. The summed E-state index contributed by atoms with van der Waals surface area (Å²) in [6.45, 7) is 3.96. The minimum Gasteiger partial charge on any atom is -0.493 e. The molecule has 2 rings (SSSR count). The summed E-state index contributed by atoms with van der Waals surface area (Å²) in [5.74, 6) is 1.41. The summed E-state index contributed by atoms with van der Waals surface area (Å²) >= 11 is 5.21. The van der Waals surface area contributed by atoms with Crippen molar-refractivity contribution in [2.24, 2.45) is 0 Å². The van der Waals surface area contributed by atoms with Crippen molar-refractivity contribution in [2.45, 2.75) is 19.9 Å². The average Bonchev–Trinajstić information content (AvgIpc) is 2.95. The Balaban J connectivity index is 2.25. The van der Waals surface area contributed by atoms with E-state index in [1.165, 1.54) is 0 Å². The highest BCUT2D eigenvalue weighted by Gasteiger charge is 2.14. The number of hydrogen-bond acceptors (Lipinski definition) is 5. The van der Waals surface area contributed by atoms with Gasteiger partial charge in [-0.3, -0.25) is 0 Å². The van der Waals surface area contributed by atoms with Crippen molar-refractivity contribution in [2.75, 3.05) is 20.8 Å². The smallest absolute Gasteiger partial charge is 0.161 e. The number of benzene rings is 1. The van der Waals surface area contributed by atoms with E-state index >= 15 is 0 Å². The van der Waals surface area contributed by atoms with Gasteiger partial charge in [-0.1, -0.05) is 6.92 Å². The third-order valence-electron chi connectivity index (χ3n) is 2.99. The molecule has 1 aromatic heterocycles. The van der Waals surface area contributed by atoms with E-state index in [1.54, 1.807) is 25.6 Å². The molecule has 0 aliphatic heterocycles. The lowest BCUT2D eigenvalue weighted by Crippen LogP contribution is -2.13. The van der Waals surface area contributed by atoms with E-state index in [-0.39, 0.29) is 0 Å². The van der Waals surface area contributed by atoms with Crippen LogP contribution in [0.4, 0.5) is 0 Å². The summed E-state index contributed by atoms with van der Waals surface area (Å²) in [6.07, 6.45) is 1.12. The highest BCUT2D eigenvalue weighted by molar-refractivity contribution is 9.10. The molecule has 0 spiro atoms. The number of ether oxygens (including phenoxy) is 2. The number of nitrogens with one attached hydrogen (secondary N) is 1. The van der Waals surface area contributed by atoms with Crippen LogP contribution in [0, 0.1) is 0 Å². The summed E-state index contributed by atoms with van der Waals surface area (Å²) in [6, 6.07) is 3.86. The van der Waals surface area contributed by atoms with Crippen LogP contribution in [-0.4, -0.2) is 25.7 Å². The van der Waals surface area contributed by atoms with Gasteiger partial charge in [0, 0.05) is 22.0 Å². The largest absolute Gasteiger partial charge is 0.493 e. The summed E-state index contributed by atoms with van der Waals surface area (Å²) in [5, 5.41) is 6.41. The Hall–Kier alpha value is -1.11. The van der Waals surface area contributed by atoms with Gasteiger partial charge in [0.2, 0.25) is 0 Å². The van der Waals surface area contributed by atoms with Crippen LogP contribution in [0.3, 0.4) is 0 Å². The number of hydrogen-bond donors (Lipinski definition) is 1. The topological polar surface area (TPSA) is 43.4 Å². The number of thiazole rings is 1. The van der Waals surface area contributed by atoms with E-state index in [0.29, 0.717) is 11.5 Å². The van der Waals surface area contributed by atoms with Gasteiger partial charge in [0.05, 0.1) is 19.9 Å². The number of rotatable bonds is 7. The second-order valence-electron chi connectivity index (χ2n) is 4.51. The minimum atomic E-state index is 0.703. The number of nitrogens with zero attached hydrogens (tertiary/aromatic N) is 1. The van der Waals surface area contributed by atoms with Gasteiger partial charge in [-0.2, -0.15) is 0 Å². The van der Waals surface area contributed by atoms with Crippen molar-refractivity contribution in [1.29, 1.82) is 0 Å². The quantitative estimate of drug-likeness (QED) is 0.745. The van der Waals surface area contributed by atoms with E-state index in [0.717, 1.165) is 40.2 Å². The Bertz CT molecular complexity index is 601. The molecular weight excluding hydrogens is 352 g/mol. The molecule has 0 saturated carbocycles. The lowest BCUT2D eigenvalue weighted by atomic mass is 10.2. The van der Waals surface area contributed by atoms with Gasteiger partial charge in [-0.15, -0.1) is 11.3 Å². The average molecular weight is 371 g/mol. The van der Waals surface area contributed by atoms with E-state index in [4.69, 9.17) is 9.47 Å². The Labute approximate surface area is 137 Å². The van der Waals surface area contributed by atoms with Crippen molar-refractivity contribution >= 4 is 27.3 Å². The van der Waals surface area contributed by atoms with Crippen molar-refractivity contribution < 1.29 is 9.47 Å². The second-order valence-corrected chi connectivity index (χ2v) is 6.22. The normalized spacial score (nSPS) is 10.7. The fourth-order valence-corrected chi connectivity index (χ4v) is 3.41. The molecule has 4 nitrogen and oxygen atoms in total. The van der Waals surface area contributed by atoms with Gasteiger partial charge in [0.15, 0.2) is 11.5 Å². The van der Waals surface area contributed by atoms with Gasteiger partial charge in [-0.25, -0.2) is 4.98 Å². The third-order valence-corrected chi connectivity index (χ3v) is 4.57. The van der Waals surface area contributed by atoms with Gasteiger partial charge >= 0.3 is 0 Å². The molecule has 0 radical (unpaired) electrons. The molecular formula is C15H19BrN2O2S. The molecule has 0 aliphatic carbocycles. The number of halogens is 1. The first-order valence-electron chi connectivity index (χ1n) is 6.76. The van der Waals surface area contributed by atoms with Gasteiger partial charge < -0.3 is 14.8 Å². The van der Waals surface area contributed by atoms with Crippen LogP contribution in [0.1, 0.15) is 19.0 Å². The van der Waals surface area contributed by atoms with Crippen LogP contribution in [0.5, 0.6) is 11.5 Å². The lowest BCUT2D eigenvalue weighted by Gasteiger charge is -2.10. The first-order valence-corrected chi connectivity index (χ1v) is 8.43. The van der Waals surface area contributed by atoms with Crippen molar-refractivity contribution in [3.63, 3.8) is 0 Å². The lowest BCUT2D eigenvalue weighted by molar-refractivity contribution is 0.355. The van der Waals surface area contributed by atoms with Crippen LogP contribution in [0.2, 0.25) is 0 Å². The fourth-order valence-electron chi connectivity index (χ4n) is 1.92. The summed E-state index contributed by atoms with van der Waals surface area (Å²) in [5.41, 5.74) is 2.07.